The van der Waals surface area contributed by atoms with E-state index in [0.717, 1.165) is 28.3 Å². The van der Waals surface area contributed by atoms with E-state index in [4.69, 9.17) is 4.74 Å². The molecule has 1 saturated heterocycles. The van der Waals surface area contributed by atoms with Crippen molar-refractivity contribution in [3.8, 4) is 5.75 Å². The molecule has 1 aliphatic heterocycles. The smallest absolute Gasteiger partial charge is 0.254 e. The Hall–Kier alpha value is -3.21. The third-order valence-electron chi connectivity index (χ3n) is 7.09. The number of ether oxygens (including phenoxy) is 1. The minimum Gasteiger partial charge on any atom is -0.489 e. The normalized spacial score (nSPS) is 33.1. The second-order valence-corrected chi connectivity index (χ2v) is 8.73. The van der Waals surface area contributed by atoms with Gasteiger partial charge < -0.3 is 4.74 Å². The summed E-state index contributed by atoms with van der Waals surface area (Å²) in [6.45, 7) is 0.506. The third-order valence-corrected chi connectivity index (χ3v) is 7.09. The number of hydrazone groups is 1. The van der Waals surface area contributed by atoms with Crippen molar-refractivity contribution in [2.45, 2.75) is 13.0 Å². The molecule has 0 spiro atoms. The zero-order valence-electron chi connectivity index (χ0n) is 16.4. The summed E-state index contributed by atoms with van der Waals surface area (Å²) >= 11 is 0. The van der Waals surface area contributed by atoms with E-state index >= 15 is 0 Å². The van der Waals surface area contributed by atoms with E-state index in [1.54, 1.807) is 6.21 Å². The molecule has 2 saturated carbocycles. The van der Waals surface area contributed by atoms with Gasteiger partial charge in [-0.25, -0.2) is 0 Å². The lowest BCUT2D eigenvalue weighted by Crippen LogP contribution is -2.40. The molecule has 4 aliphatic carbocycles. The molecule has 5 nitrogen and oxygen atoms in total. The van der Waals surface area contributed by atoms with Gasteiger partial charge in [0.25, 0.3) is 11.8 Å². The number of benzene rings is 2. The molecular weight excluding hydrogens is 376 g/mol. The Morgan fingerprint density at radius 1 is 0.900 bits per heavy atom. The summed E-state index contributed by atoms with van der Waals surface area (Å²) in [5.41, 5.74) is 1.93. The maximum Gasteiger partial charge on any atom is 0.254 e. The average Bonchev–Trinajstić information content (AvgIpc) is 3.57. The molecule has 6 atom stereocenters. The molecule has 0 unspecified atom stereocenters. The van der Waals surface area contributed by atoms with Gasteiger partial charge in [-0.3, -0.25) is 9.59 Å². The number of carbonyl (C=O) groups excluding carboxylic acids is 2. The second kappa shape index (κ2) is 6.66. The quantitative estimate of drug-likeness (QED) is 0.439. The van der Waals surface area contributed by atoms with Gasteiger partial charge in [0, 0.05) is 0 Å². The number of hydrogen-bond acceptors (Lipinski definition) is 4. The Morgan fingerprint density at radius 2 is 1.53 bits per heavy atom. The van der Waals surface area contributed by atoms with Crippen molar-refractivity contribution in [1.82, 2.24) is 5.01 Å². The lowest BCUT2D eigenvalue weighted by molar-refractivity contribution is -0.140. The summed E-state index contributed by atoms with van der Waals surface area (Å²) in [7, 11) is 0. The maximum atomic E-state index is 12.9. The molecule has 2 aromatic carbocycles. The molecular formula is C25H22N2O3. The molecule has 0 radical (unpaired) electrons. The summed E-state index contributed by atoms with van der Waals surface area (Å²) in [4.78, 5) is 25.9. The van der Waals surface area contributed by atoms with Crippen LogP contribution in [0.3, 0.4) is 0 Å². The Morgan fingerprint density at radius 3 is 2.17 bits per heavy atom. The standard InChI is InChI=1S/C25H22N2O3/c28-24-22-18-10-11-19(21-12-20(18)21)23(22)25(29)27(24)26-13-15-6-8-17(9-7-15)30-14-16-4-2-1-3-5-16/h1-11,13,18-23H,12,14H2/b26-13-/t18-,19-,20-,21+,22+,23+/m0/s1. The predicted molar refractivity (Wildman–Crippen MR) is 111 cm³/mol. The summed E-state index contributed by atoms with van der Waals surface area (Å²) < 4.78 is 5.80. The first-order valence-electron chi connectivity index (χ1n) is 10.6. The van der Waals surface area contributed by atoms with E-state index in [1.807, 2.05) is 54.6 Å². The van der Waals surface area contributed by atoms with Crippen LogP contribution in [0.1, 0.15) is 17.5 Å². The van der Waals surface area contributed by atoms with Crippen molar-refractivity contribution in [3.63, 3.8) is 0 Å². The number of amides is 2. The summed E-state index contributed by atoms with van der Waals surface area (Å²) in [6.07, 6.45) is 7.10. The van der Waals surface area contributed by atoms with Crippen LogP contribution in [0.4, 0.5) is 0 Å². The topological polar surface area (TPSA) is 59.0 Å². The van der Waals surface area contributed by atoms with Crippen molar-refractivity contribution >= 4 is 18.0 Å². The third kappa shape index (κ3) is 2.72. The molecule has 0 N–H and O–H groups in total. The number of allylic oxidation sites excluding steroid dienone is 2. The van der Waals surface area contributed by atoms with Gasteiger partial charge in [0.1, 0.15) is 12.4 Å². The Kier molecular flexibility index (Phi) is 3.91. The van der Waals surface area contributed by atoms with Crippen molar-refractivity contribution in [3.05, 3.63) is 77.9 Å². The summed E-state index contributed by atoms with van der Waals surface area (Å²) in [6, 6.07) is 17.5. The molecule has 0 aromatic heterocycles. The van der Waals surface area contributed by atoms with Crippen molar-refractivity contribution < 1.29 is 14.3 Å². The van der Waals surface area contributed by atoms with Gasteiger partial charge in [-0.15, -0.1) is 0 Å². The van der Waals surface area contributed by atoms with Crippen molar-refractivity contribution in [2.75, 3.05) is 0 Å². The van der Waals surface area contributed by atoms with Crippen LogP contribution in [0.25, 0.3) is 0 Å². The fraction of sp³-hybridized carbons (Fsp3) is 0.320. The SMILES string of the molecule is O=C1[C@@H]2[C@H]3C=C[C@@H]([C@@H]4C[C@H]34)[C@H]2C(=O)N1/N=C\c1ccc(OCc2ccccc2)cc1. The summed E-state index contributed by atoms with van der Waals surface area (Å²) in [5, 5.41) is 5.40. The number of nitrogens with zero attached hydrogens (tertiary/aromatic N) is 2. The van der Waals surface area contributed by atoms with Crippen LogP contribution in [0.15, 0.2) is 71.9 Å². The highest BCUT2D eigenvalue weighted by atomic mass is 16.5. The highest BCUT2D eigenvalue weighted by molar-refractivity contribution is 6.06. The van der Waals surface area contributed by atoms with E-state index in [2.05, 4.69) is 17.3 Å². The van der Waals surface area contributed by atoms with Gasteiger partial charge in [-0.2, -0.15) is 10.1 Å². The molecule has 1 heterocycles. The minimum absolute atomic E-state index is 0.131. The number of rotatable bonds is 5. The lowest BCUT2D eigenvalue weighted by Gasteiger charge is -2.37. The molecule has 2 bridgehead atoms. The van der Waals surface area contributed by atoms with Gasteiger partial charge in [0.15, 0.2) is 0 Å². The van der Waals surface area contributed by atoms with Gasteiger partial charge >= 0.3 is 0 Å². The van der Waals surface area contributed by atoms with Crippen molar-refractivity contribution in [1.29, 1.82) is 0 Å². The minimum atomic E-state index is -0.206. The van der Waals surface area contributed by atoms with E-state index < -0.39 is 0 Å². The van der Waals surface area contributed by atoms with Crippen molar-refractivity contribution in [2.24, 2.45) is 40.6 Å². The first-order valence-corrected chi connectivity index (χ1v) is 10.6. The largest absolute Gasteiger partial charge is 0.489 e. The van der Waals surface area contributed by atoms with Gasteiger partial charge in [-0.05, 0) is 65.5 Å². The van der Waals surface area contributed by atoms with E-state index in [-0.39, 0.29) is 35.5 Å². The molecule has 7 rings (SSSR count). The zero-order valence-corrected chi connectivity index (χ0v) is 16.4. The zero-order chi connectivity index (χ0) is 20.2. The van der Waals surface area contributed by atoms with Crippen LogP contribution in [-0.2, 0) is 16.2 Å². The Bertz CT molecular complexity index is 1020. The number of hydrogen-bond donors (Lipinski definition) is 0. The molecule has 30 heavy (non-hydrogen) atoms. The molecule has 150 valence electrons. The Balaban J connectivity index is 1.13. The van der Waals surface area contributed by atoms with Gasteiger partial charge in [0.05, 0.1) is 18.1 Å². The molecule has 5 heteroatoms. The highest BCUT2D eigenvalue weighted by Gasteiger charge is 2.67. The number of imide groups is 1. The van der Waals surface area contributed by atoms with E-state index in [9.17, 15) is 9.59 Å². The van der Waals surface area contributed by atoms with E-state index in [0.29, 0.717) is 18.4 Å². The van der Waals surface area contributed by atoms with Crippen LogP contribution in [-0.4, -0.2) is 23.0 Å². The Labute approximate surface area is 175 Å². The molecule has 2 amide bonds. The summed E-state index contributed by atoms with van der Waals surface area (Å²) in [5.74, 6) is 1.74. The molecule has 2 aromatic rings. The first kappa shape index (κ1) is 17.6. The first-order chi connectivity index (χ1) is 14.7. The van der Waals surface area contributed by atoms with Gasteiger partial charge in [0.2, 0.25) is 0 Å². The van der Waals surface area contributed by atoms with Crippen LogP contribution in [0.2, 0.25) is 0 Å². The van der Waals surface area contributed by atoms with Gasteiger partial charge in [-0.1, -0.05) is 42.5 Å². The van der Waals surface area contributed by atoms with Crippen LogP contribution in [0, 0.1) is 35.5 Å². The van der Waals surface area contributed by atoms with Crippen LogP contribution in [0.5, 0.6) is 5.75 Å². The monoisotopic (exact) mass is 398 g/mol. The van der Waals surface area contributed by atoms with Crippen LogP contribution < -0.4 is 4.74 Å². The molecule has 5 aliphatic rings. The predicted octanol–water partition coefficient (Wildman–Crippen LogP) is 3.65. The fourth-order valence-electron chi connectivity index (χ4n) is 5.57. The highest BCUT2D eigenvalue weighted by Crippen LogP contribution is 2.65. The lowest BCUT2D eigenvalue weighted by atomic mass is 9.63. The average molecular weight is 398 g/mol. The number of carbonyl (C=O) groups is 2. The molecule has 3 fully saturated rings. The maximum absolute atomic E-state index is 12.9. The fourth-order valence-corrected chi connectivity index (χ4v) is 5.57. The van der Waals surface area contributed by atoms with Crippen LogP contribution >= 0.6 is 0 Å². The second-order valence-electron chi connectivity index (χ2n) is 8.73. The van der Waals surface area contributed by atoms with E-state index in [1.165, 1.54) is 0 Å².